The molecule has 4 rings (SSSR count). The highest BCUT2D eigenvalue weighted by Gasteiger charge is 2.62. The molecule has 5 nitrogen and oxygen atoms in total. The lowest BCUT2D eigenvalue weighted by atomic mass is 9.70. The topological polar surface area (TPSA) is 78.3 Å². The van der Waals surface area contributed by atoms with Crippen LogP contribution in [0.4, 0.5) is 27.6 Å². The van der Waals surface area contributed by atoms with E-state index in [-0.39, 0.29) is 33.5 Å². The fraction of sp³-hybridized carbons (Fsp3) is 0.333. The van der Waals surface area contributed by atoms with Crippen molar-refractivity contribution < 1.29 is 32.2 Å². The SMILES string of the molecule is Cc1ncc2c(NC3c4ccc(F)c(O)c4C(C)CC3(O)C(F)(F)F)ccc(F)c2n1. The summed E-state index contributed by atoms with van der Waals surface area (Å²) in [6, 6.07) is 2.39. The summed E-state index contributed by atoms with van der Waals surface area (Å²) in [6.45, 7) is 2.91. The molecule has 1 heterocycles. The molecule has 3 N–H and O–H groups in total. The fourth-order valence-corrected chi connectivity index (χ4v) is 4.24. The van der Waals surface area contributed by atoms with Crippen molar-refractivity contribution in [1.82, 2.24) is 9.97 Å². The van der Waals surface area contributed by atoms with Crippen LogP contribution in [0.25, 0.3) is 10.9 Å². The molecule has 1 aromatic heterocycles. The molecule has 0 spiro atoms. The Balaban J connectivity index is 1.93. The van der Waals surface area contributed by atoms with Crippen LogP contribution in [-0.2, 0) is 0 Å². The van der Waals surface area contributed by atoms with Gasteiger partial charge in [0.05, 0.1) is 6.04 Å². The van der Waals surface area contributed by atoms with Crippen molar-refractivity contribution in [3.63, 3.8) is 0 Å². The van der Waals surface area contributed by atoms with Gasteiger partial charge in [-0.15, -0.1) is 0 Å². The average molecular weight is 439 g/mol. The van der Waals surface area contributed by atoms with Gasteiger partial charge in [0.15, 0.2) is 17.2 Å². The first-order chi connectivity index (χ1) is 14.4. The van der Waals surface area contributed by atoms with Crippen LogP contribution in [0.5, 0.6) is 5.75 Å². The van der Waals surface area contributed by atoms with Crippen molar-refractivity contribution in [2.24, 2.45) is 0 Å². The van der Waals surface area contributed by atoms with Gasteiger partial charge in [0.25, 0.3) is 0 Å². The lowest BCUT2D eigenvalue weighted by molar-refractivity contribution is -0.272. The molecule has 0 saturated heterocycles. The van der Waals surface area contributed by atoms with Crippen LogP contribution < -0.4 is 5.32 Å². The van der Waals surface area contributed by atoms with E-state index in [4.69, 9.17) is 0 Å². The summed E-state index contributed by atoms with van der Waals surface area (Å²) in [5.41, 5.74) is -3.42. The lowest BCUT2D eigenvalue weighted by Crippen LogP contribution is -2.55. The van der Waals surface area contributed by atoms with Crippen molar-refractivity contribution in [3.05, 3.63) is 59.0 Å². The van der Waals surface area contributed by atoms with Gasteiger partial charge in [0.2, 0.25) is 0 Å². The number of nitrogens with zero attached hydrogens (tertiary/aromatic N) is 2. The van der Waals surface area contributed by atoms with E-state index in [0.717, 1.165) is 18.2 Å². The molecule has 0 amide bonds. The van der Waals surface area contributed by atoms with Gasteiger partial charge in [-0.1, -0.05) is 13.0 Å². The van der Waals surface area contributed by atoms with E-state index in [1.807, 2.05) is 0 Å². The number of aryl methyl sites for hydroxylation is 1. The molecule has 0 aliphatic heterocycles. The second-order valence-electron chi connectivity index (χ2n) is 7.78. The van der Waals surface area contributed by atoms with Gasteiger partial charge in [0, 0.05) is 22.8 Å². The van der Waals surface area contributed by atoms with E-state index in [1.54, 1.807) is 0 Å². The molecule has 3 aromatic rings. The quantitative estimate of drug-likeness (QED) is 0.497. The Hall–Kier alpha value is -3.01. The fourth-order valence-electron chi connectivity index (χ4n) is 4.24. The van der Waals surface area contributed by atoms with Crippen molar-refractivity contribution in [2.45, 2.75) is 44.0 Å². The molecule has 164 valence electrons. The number of nitrogens with one attached hydrogen (secondary N) is 1. The van der Waals surface area contributed by atoms with Crippen LogP contribution in [0.2, 0.25) is 0 Å². The van der Waals surface area contributed by atoms with Crippen LogP contribution >= 0.6 is 0 Å². The Bertz CT molecular complexity index is 1180. The summed E-state index contributed by atoms with van der Waals surface area (Å²) >= 11 is 0. The molecule has 0 radical (unpaired) electrons. The molecule has 3 atom stereocenters. The first-order valence-electron chi connectivity index (χ1n) is 9.43. The number of benzene rings is 2. The van der Waals surface area contributed by atoms with E-state index in [2.05, 4.69) is 15.3 Å². The summed E-state index contributed by atoms with van der Waals surface area (Å²) in [5, 5.41) is 23.7. The minimum atomic E-state index is -5.05. The van der Waals surface area contributed by atoms with Crippen LogP contribution in [0.1, 0.15) is 42.3 Å². The van der Waals surface area contributed by atoms with Crippen LogP contribution in [-0.4, -0.2) is 32.0 Å². The highest BCUT2D eigenvalue weighted by atomic mass is 19.4. The Morgan fingerprint density at radius 1 is 1.13 bits per heavy atom. The monoisotopic (exact) mass is 439 g/mol. The maximum atomic E-state index is 14.2. The molecule has 3 unspecified atom stereocenters. The van der Waals surface area contributed by atoms with Crippen molar-refractivity contribution in [3.8, 4) is 5.75 Å². The number of aliphatic hydroxyl groups is 1. The number of rotatable bonds is 2. The van der Waals surface area contributed by atoms with E-state index in [9.17, 15) is 32.2 Å². The van der Waals surface area contributed by atoms with Crippen LogP contribution in [0.3, 0.4) is 0 Å². The molecular formula is C21H18F5N3O2. The van der Waals surface area contributed by atoms with Crippen LogP contribution in [0, 0.1) is 18.6 Å². The standard InChI is InChI=1S/C21H18F5N3O2/c1-9-7-20(31,21(24,25)26)19(11-3-4-14(23)18(30)16(9)11)29-15-6-5-13(22)17-12(15)8-27-10(2)28-17/h3-6,8-9,19,29-31H,7H2,1-2H3. The van der Waals surface area contributed by atoms with Gasteiger partial charge in [-0.05, 0) is 43.0 Å². The number of aromatic hydroxyl groups is 1. The molecule has 1 aliphatic carbocycles. The molecular weight excluding hydrogens is 421 g/mol. The summed E-state index contributed by atoms with van der Waals surface area (Å²) in [6.07, 6.45) is -4.60. The zero-order chi connectivity index (χ0) is 22.7. The molecule has 0 fully saturated rings. The highest BCUT2D eigenvalue weighted by Crippen LogP contribution is 2.54. The first kappa shape index (κ1) is 21.2. The molecule has 1 aliphatic rings. The number of hydrogen-bond donors (Lipinski definition) is 3. The maximum absolute atomic E-state index is 14.2. The van der Waals surface area contributed by atoms with Gasteiger partial charge in [0.1, 0.15) is 17.2 Å². The van der Waals surface area contributed by atoms with Crippen molar-refractivity contribution in [2.75, 3.05) is 5.32 Å². The highest BCUT2D eigenvalue weighted by molar-refractivity contribution is 5.91. The average Bonchev–Trinajstić information content (AvgIpc) is 2.68. The zero-order valence-corrected chi connectivity index (χ0v) is 16.4. The summed E-state index contributed by atoms with van der Waals surface area (Å²) in [7, 11) is 0. The van der Waals surface area contributed by atoms with Crippen molar-refractivity contribution in [1.29, 1.82) is 0 Å². The second kappa shape index (κ2) is 7.01. The third kappa shape index (κ3) is 3.25. The van der Waals surface area contributed by atoms with Gasteiger partial charge in [-0.2, -0.15) is 13.2 Å². The molecule has 0 bridgehead atoms. The number of aromatic nitrogens is 2. The molecule has 2 aromatic carbocycles. The molecule has 31 heavy (non-hydrogen) atoms. The number of hydrogen-bond acceptors (Lipinski definition) is 5. The van der Waals surface area contributed by atoms with Gasteiger partial charge < -0.3 is 15.5 Å². The first-order valence-corrected chi connectivity index (χ1v) is 9.43. The number of alkyl halides is 3. The van der Waals surface area contributed by atoms with Gasteiger partial charge >= 0.3 is 6.18 Å². The third-order valence-corrected chi connectivity index (χ3v) is 5.71. The summed E-state index contributed by atoms with van der Waals surface area (Å²) in [4.78, 5) is 7.97. The molecule has 0 saturated carbocycles. The van der Waals surface area contributed by atoms with Crippen LogP contribution in [0.15, 0.2) is 30.5 Å². The van der Waals surface area contributed by atoms with Crippen molar-refractivity contribution >= 4 is 16.6 Å². The predicted octanol–water partition coefficient (Wildman–Crippen LogP) is 4.88. The number of fused-ring (bicyclic) bond motifs is 2. The van der Waals surface area contributed by atoms with Gasteiger partial charge in [-0.3, -0.25) is 0 Å². The number of phenolic OH excluding ortho intramolecular Hbond substituents is 1. The van der Waals surface area contributed by atoms with E-state index in [1.165, 1.54) is 26.1 Å². The maximum Gasteiger partial charge on any atom is 0.419 e. The summed E-state index contributed by atoms with van der Waals surface area (Å²) in [5.74, 6) is -3.13. The van der Waals surface area contributed by atoms with Gasteiger partial charge in [-0.25, -0.2) is 18.7 Å². The Morgan fingerprint density at radius 3 is 2.48 bits per heavy atom. The predicted molar refractivity (Wildman–Crippen MR) is 103 cm³/mol. The smallest absolute Gasteiger partial charge is 0.419 e. The summed E-state index contributed by atoms with van der Waals surface area (Å²) < 4.78 is 70.3. The number of halogens is 5. The number of anilines is 1. The normalized spacial score (nSPS) is 23.6. The minimum Gasteiger partial charge on any atom is -0.505 e. The lowest BCUT2D eigenvalue weighted by Gasteiger charge is -2.45. The Morgan fingerprint density at radius 2 is 1.81 bits per heavy atom. The molecule has 10 heteroatoms. The zero-order valence-electron chi connectivity index (χ0n) is 16.4. The largest absolute Gasteiger partial charge is 0.505 e. The Labute approximate surface area is 173 Å². The van der Waals surface area contributed by atoms with E-state index in [0.29, 0.717) is 0 Å². The minimum absolute atomic E-state index is 0.0232. The van der Waals surface area contributed by atoms with E-state index >= 15 is 0 Å². The number of phenols is 1. The second-order valence-corrected chi connectivity index (χ2v) is 7.78. The third-order valence-electron chi connectivity index (χ3n) is 5.71. The Kier molecular flexibility index (Phi) is 4.80. The van der Waals surface area contributed by atoms with E-state index < -0.39 is 47.5 Å².